The van der Waals surface area contributed by atoms with Crippen molar-refractivity contribution in [1.29, 1.82) is 0 Å². The molecule has 0 aromatic heterocycles. The number of thiocarbonyl (C=S) groups is 1. The van der Waals surface area contributed by atoms with E-state index in [1.807, 2.05) is 11.0 Å². The molecule has 182 valence electrons. The van der Waals surface area contributed by atoms with Crippen LogP contribution in [0.5, 0.6) is 5.75 Å². The molecule has 2 N–H and O–H groups in total. The van der Waals surface area contributed by atoms with Gasteiger partial charge in [0.25, 0.3) is 11.8 Å². The van der Waals surface area contributed by atoms with Crippen molar-refractivity contribution in [3.05, 3.63) is 58.1 Å². The average molecular weight is 548 g/mol. The largest absolute Gasteiger partial charge is 0.493 e. The molecule has 2 aromatic rings. The van der Waals surface area contributed by atoms with Gasteiger partial charge < -0.3 is 19.9 Å². The maximum atomic E-state index is 12.9. The molecule has 2 aromatic carbocycles. The summed E-state index contributed by atoms with van der Waals surface area (Å²) in [5.74, 6) is 0.624. The Morgan fingerprint density at radius 1 is 1.12 bits per heavy atom. The molecule has 0 aliphatic carbocycles. The minimum absolute atomic E-state index is 0.0102. The van der Waals surface area contributed by atoms with Gasteiger partial charge in [0, 0.05) is 41.9 Å². The number of piperazine rings is 1. The van der Waals surface area contributed by atoms with Crippen molar-refractivity contribution in [3.8, 4) is 5.75 Å². The number of anilines is 1. The van der Waals surface area contributed by atoms with E-state index in [1.54, 1.807) is 36.4 Å². The highest BCUT2D eigenvalue weighted by molar-refractivity contribution is 9.10. The van der Waals surface area contributed by atoms with E-state index >= 15 is 0 Å². The summed E-state index contributed by atoms with van der Waals surface area (Å²) in [6.45, 7) is 7.89. The van der Waals surface area contributed by atoms with E-state index < -0.39 is 0 Å². The zero-order valence-corrected chi connectivity index (χ0v) is 22.2. The lowest BCUT2D eigenvalue weighted by molar-refractivity contribution is 0.0664. The first kappa shape index (κ1) is 26.1. The van der Waals surface area contributed by atoms with Gasteiger partial charge in [-0.2, -0.15) is 0 Å². The summed E-state index contributed by atoms with van der Waals surface area (Å²) in [6.07, 6.45) is 0.889. The molecule has 0 bridgehead atoms. The fourth-order valence-electron chi connectivity index (χ4n) is 3.46. The second kappa shape index (κ2) is 12.3. The number of halogens is 1. The number of rotatable bonds is 7. The van der Waals surface area contributed by atoms with Gasteiger partial charge in [0.2, 0.25) is 0 Å². The summed E-state index contributed by atoms with van der Waals surface area (Å²) in [5.41, 5.74) is 1.60. The molecule has 1 fully saturated rings. The highest BCUT2D eigenvalue weighted by Gasteiger charge is 2.21. The van der Waals surface area contributed by atoms with Crippen LogP contribution in [0, 0.1) is 5.92 Å². The van der Waals surface area contributed by atoms with Crippen molar-refractivity contribution in [3.63, 3.8) is 0 Å². The topological polar surface area (TPSA) is 73.9 Å². The van der Waals surface area contributed by atoms with Gasteiger partial charge in [-0.05, 0) is 68.0 Å². The molecule has 1 aliphatic rings. The quantitative estimate of drug-likeness (QED) is 0.502. The first-order chi connectivity index (χ1) is 16.2. The Bertz CT molecular complexity index is 1040. The van der Waals surface area contributed by atoms with Crippen molar-refractivity contribution in [2.75, 3.05) is 45.2 Å². The van der Waals surface area contributed by atoms with Crippen molar-refractivity contribution in [1.82, 2.24) is 15.1 Å². The predicted molar refractivity (Wildman–Crippen MR) is 143 cm³/mol. The fourth-order valence-corrected chi connectivity index (χ4v) is 4.04. The van der Waals surface area contributed by atoms with Gasteiger partial charge in [-0.1, -0.05) is 35.8 Å². The summed E-state index contributed by atoms with van der Waals surface area (Å²) in [6, 6.07) is 12.4. The number of amides is 2. The van der Waals surface area contributed by atoms with Gasteiger partial charge in [0.15, 0.2) is 5.11 Å². The van der Waals surface area contributed by atoms with Gasteiger partial charge in [-0.15, -0.1) is 0 Å². The predicted octanol–water partition coefficient (Wildman–Crippen LogP) is 4.39. The number of nitrogens with one attached hydrogen (secondary N) is 2. The first-order valence-corrected chi connectivity index (χ1v) is 12.6. The lowest BCUT2D eigenvalue weighted by Crippen LogP contribution is -2.47. The van der Waals surface area contributed by atoms with Crippen LogP contribution in [0.3, 0.4) is 0 Å². The minimum atomic E-state index is -0.372. The third-order valence-electron chi connectivity index (χ3n) is 5.52. The number of carbonyl (C=O) groups is 2. The number of benzene rings is 2. The Kier molecular flexibility index (Phi) is 9.44. The van der Waals surface area contributed by atoms with E-state index in [1.165, 1.54) is 0 Å². The summed E-state index contributed by atoms with van der Waals surface area (Å²) in [5, 5.41) is 5.86. The third kappa shape index (κ3) is 7.51. The number of likely N-dealkylation sites (N-methyl/N-ethyl adjacent to an activating group) is 1. The first-order valence-electron chi connectivity index (χ1n) is 11.4. The summed E-state index contributed by atoms with van der Waals surface area (Å²) in [4.78, 5) is 29.8. The zero-order valence-electron chi connectivity index (χ0n) is 19.8. The van der Waals surface area contributed by atoms with Gasteiger partial charge in [-0.25, -0.2) is 0 Å². The Morgan fingerprint density at radius 2 is 1.85 bits per heavy atom. The van der Waals surface area contributed by atoms with Crippen molar-refractivity contribution in [2.24, 2.45) is 5.92 Å². The lowest BCUT2D eigenvalue weighted by atomic mass is 10.1. The van der Waals surface area contributed by atoms with Gasteiger partial charge >= 0.3 is 0 Å². The third-order valence-corrected chi connectivity index (χ3v) is 6.22. The highest BCUT2D eigenvalue weighted by atomic mass is 79.9. The molecule has 34 heavy (non-hydrogen) atoms. The molecule has 0 radical (unpaired) electrons. The summed E-state index contributed by atoms with van der Waals surface area (Å²) in [7, 11) is 2.05. The van der Waals surface area contributed by atoms with E-state index in [0.29, 0.717) is 48.2 Å². The van der Waals surface area contributed by atoms with Crippen molar-refractivity contribution in [2.45, 2.75) is 20.3 Å². The number of hydrogen-bond donors (Lipinski definition) is 2. The maximum absolute atomic E-state index is 12.9. The molecule has 0 atom stereocenters. The van der Waals surface area contributed by atoms with Crippen molar-refractivity contribution < 1.29 is 14.3 Å². The summed E-state index contributed by atoms with van der Waals surface area (Å²) < 4.78 is 6.61. The highest BCUT2D eigenvalue weighted by Crippen LogP contribution is 2.24. The van der Waals surface area contributed by atoms with Crippen LogP contribution in [-0.2, 0) is 0 Å². The van der Waals surface area contributed by atoms with E-state index in [9.17, 15) is 9.59 Å². The summed E-state index contributed by atoms with van der Waals surface area (Å²) >= 11 is 8.77. The van der Waals surface area contributed by atoms with E-state index in [2.05, 4.69) is 52.4 Å². The maximum Gasteiger partial charge on any atom is 0.261 e. The molecule has 0 saturated carbocycles. The Morgan fingerprint density at radius 3 is 2.56 bits per heavy atom. The molecule has 2 amide bonds. The Hall–Kier alpha value is -2.49. The Labute approximate surface area is 215 Å². The molecule has 1 heterocycles. The van der Waals surface area contributed by atoms with Crippen LogP contribution in [0.4, 0.5) is 5.69 Å². The number of nitrogens with zero attached hydrogens (tertiary/aromatic N) is 2. The molecule has 9 heteroatoms. The molecule has 0 spiro atoms. The van der Waals surface area contributed by atoms with Crippen LogP contribution in [-0.4, -0.2) is 66.6 Å². The van der Waals surface area contributed by atoms with Gasteiger partial charge in [-0.3, -0.25) is 14.9 Å². The van der Waals surface area contributed by atoms with Crippen LogP contribution in [0.2, 0.25) is 0 Å². The number of carbonyl (C=O) groups excluding carboxylic acids is 2. The van der Waals surface area contributed by atoms with Gasteiger partial charge in [0.05, 0.1) is 12.2 Å². The minimum Gasteiger partial charge on any atom is -0.493 e. The van der Waals surface area contributed by atoms with Crippen LogP contribution < -0.4 is 15.4 Å². The van der Waals surface area contributed by atoms with E-state index in [0.717, 1.165) is 24.0 Å². The monoisotopic (exact) mass is 546 g/mol. The van der Waals surface area contributed by atoms with Crippen LogP contribution in [0.25, 0.3) is 0 Å². The van der Waals surface area contributed by atoms with E-state index in [-0.39, 0.29) is 16.9 Å². The van der Waals surface area contributed by atoms with Crippen LogP contribution >= 0.6 is 28.1 Å². The number of hydrogen-bond acceptors (Lipinski definition) is 5. The number of ether oxygens (including phenoxy) is 1. The molecule has 1 aliphatic heterocycles. The van der Waals surface area contributed by atoms with Gasteiger partial charge in [0.1, 0.15) is 5.75 Å². The SMILES string of the molecule is CC(C)CCOc1ccc(Br)cc1C(=O)NC(=S)Nc1cccc(C(=O)N2CCN(C)CC2)c1. The van der Waals surface area contributed by atoms with Crippen LogP contribution in [0.15, 0.2) is 46.9 Å². The lowest BCUT2D eigenvalue weighted by Gasteiger charge is -2.32. The van der Waals surface area contributed by atoms with Crippen molar-refractivity contribution >= 4 is 50.8 Å². The molecular formula is C25H31BrN4O3S. The second-order valence-corrected chi connectivity index (χ2v) is 10.1. The van der Waals surface area contributed by atoms with E-state index in [4.69, 9.17) is 17.0 Å². The molecule has 0 unspecified atom stereocenters. The normalized spacial score (nSPS) is 14.1. The molecule has 7 nitrogen and oxygen atoms in total. The zero-order chi connectivity index (χ0) is 24.7. The molecular weight excluding hydrogens is 516 g/mol. The standard InChI is InChI=1S/C25H31BrN4O3S/c1-17(2)9-14-33-22-8-7-19(26)16-21(22)23(31)28-25(34)27-20-6-4-5-18(15-20)24(32)30-12-10-29(3)11-13-30/h4-8,15-17H,9-14H2,1-3H3,(H2,27,28,31,34). The Balaban J connectivity index is 1.63. The second-order valence-electron chi connectivity index (χ2n) is 8.76. The fraction of sp³-hybridized carbons (Fsp3) is 0.400. The smallest absolute Gasteiger partial charge is 0.261 e. The van der Waals surface area contributed by atoms with Crippen LogP contribution in [0.1, 0.15) is 41.0 Å². The average Bonchev–Trinajstić information content (AvgIpc) is 2.80. The molecule has 3 rings (SSSR count). The molecule has 1 saturated heterocycles.